The van der Waals surface area contributed by atoms with Gasteiger partial charge in [0.15, 0.2) is 5.82 Å². The molecule has 174 valence electrons. The van der Waals surface area contributed by atoms with Gasteiger partial charge in [0.2, 0.25) is 0 Å². The number of fused-ring (bicyclic) bond motifs is 6. The van der Waals surface area contributed by atoms with Crippen LogP contribution in [0.3, 0.4) is 0 Å². The van der Waals surface area contributed by atoms with Gasteiger partial charge >= 0.3 is 0 Å². The molecule has 0 N–H and O–H groups in total. The van der Waals surface area contributed by atoms with E-state index in [9.17, 15) is 0 Å². The second-order valence-corrected chi connectivity index (χ2v) is 10.9. The molecule has 0 radical (unpaired) electrons. The maximum Gasteiger partial charge on any atom is 0.174 e. The van der Waals surface area contributed by atoms with Crippen LogP contribution >= 0.6 is 22.9 Å². The second-order valence-electron chi connectivity index (χ2n) is 9.12. The zero-order valence-corrected chi connectivity index (χ0v) is 21.3. The maximum absolute atomic E-state index is 4.97. The summed E-state index contributed by atoms with van der Waals surface area (Å²) in [5.74, 6) is 0.795. The Morgan fingerprint density at radius 3 is 1.97 bits per heavy atom. The fourth-order valence-electron chi connectivity index (χ4n) is 5.33. The van der Waals surface area contributed by atoms with Gasteiger partial charge in [0.25, 0.3) is 0 Å². The number of hydrogen-bond donors (Lipinski definition) is 0. The van der Waals surface area contributed by atoms with Gasteiger partial charge < -0.3 is 4.57 Å². The van der Waals surface area contributed by atoms with Crippen molar-refractivity contribution in [3.05, 3.63) is 115 Å². The van der Waals surface area contributed by atoms with Crippen molar-refractivity contribution in [1.82, 2.24) is 13.9 Å². The minimum atomic E-state index is 0.795. The van der Waals surface area contributed by atoms with Gasteiger partial charge in [0, 0.05) is 47.8 Å². The van der Waals surface area contributed by atoms with Gasteiger partial charge in [0.1, 0.15) is 5.01 Å². The molecule has 0 aliphatic carbocycles. The lowest BCUT2D eigenvalue weighted by Gasteiger charge is -2.08. The van der Waals surface area contributed by atoms with Gasteiger partial charge in [0.05, 0.1) is 11.0 Å². The number of thiophene rings is 1. The molecule has 0 spiro atoms. The first-order valence-electron chi connectivity index (χ1n) is 12.2. The first-order chi connectivity index (χ1) is 18.3. The van der Waals surface area contributed by atoms with Gasteiger partial charge in [-0.1, -0.05) is 66.7 Å². The largest absolute Gasteiger partial charge is 0.309 e. The van der Waals surface area contributed by atoms with Crippen LogP contribution in [0.1, 0.15) is 0 Å². The van der Waals surface area contributed by atoms with Crippen molar-refractivity contribution in [2.75, 3.05) is 0 Å². The van der Waals surface area contributed by atoms with Gasteiger partial charge in [-0.25, -0.2) is 4.98 Å². The van der Waals surface area contributed by atoms with Crippen molar-refractivity contribution in [2.24, 2.45) is 0 Å². The quantitative estimate of drug-likeness (QED) is 0.237. The van der Waals surface area contributed by atoms with Crippen LogP contribution in [0.15, 0.2) is 115 Å². The van der Waals surface area contributed by atoms with E-state index in [0.717, 1.165) is 27.6 Å². The minimum absolute atomic E-state index is 0.795. The molecule has 0 aliphatic rings. The van der Waals surface area contributed by atoms with E-state index in [1.165, 1.54) is 53.5 Å². The zero-order chi connectivity index (χ0) is 24.3. The lowest BCUT2D eigenvalue weighted by molar-refractivity contribution is 1.18. The molecule has 8 rings (SSSR count). The van der Waals surface area contributed by atoms with Gasteiger partial charge in [-0.3, -0.25) is 0 Å². The van der Waals surface area contributed by atoms with Crippen molar-refractivity contribution in [1.29, 1.82) is 0 Å². The van der Waals surface area contributed by atoms with Crippen LogP contribution in [0.2, 0.25) is 0 Å². The molecule has 0 fully saturated rings. The Bertz CT molecular complexity index is 2040. The van der Waals surface area contributed by atoms with Crippen LogP contribution in [0.5, 0.6) is 0 Å². The molecule has 5 heteroatoms. The summed E-state index contributed by atoms with van der Waals surface area (Å²) in [5.41, 5.74) is 5.75. The molecule has 3 aromatic heterocycles. The molecule has 0 bridgehead atoms. The molecule has 0 saturated carbocycles. The molecule has 3 nitrogen and oxygen atoms in total. The highest BCUT2D eigenvalue weighted by atomic mass is 32.1. The number of nitrogens with zero attached hydrogens (tertiary/aromatic N) is 3. The summed E-state index contributed by atoms with van der Waals surface area (Å²) in [6.45, 7) is 0. The van der Waals surface area contributed by atoms with E-state index in [4.69, 9.17) is 9.36 Å². The van der Waals surface area contributed by atoms with E-state index in [1.807, 2.05) is 11.3 Å². The summed E-state index contributed by atoms with van der Waals surface area (Å²) in [6, 6.07) is 40.9. The number of benzene rings is 5. The van der Waals surface area contributed by atoms with Crippen molar-refractivity contribution < 1.29 is 0 Å². The van der Waals surface area contributed by atoms with E-state index in [2.05, 4.69) is 120 Å². The van der Waals surface area contributed by atoms with Crippen LogP contribution in [0.4, 0.5) is 0 Å². The van der Waals surface area contributed by atoms with E-state index < -0.39 is 0 Å². The molecule has 3 heterocycles. The summed E-state index contributed by atoms with van der Waals surface area (Å²) in [6.07, 6.45) is 0. The molecule has 37 heavy (non-hydrogen) atoms. The lowest BCUT2D eigenvalue weighted by atomic mass is 10.1. The summed E-state index contributed by atoms with van der Waals surface area (Å²) in [7, 11) is 0. The summed E-state index contributed by atoms with van der Waals surface area (Å²) < 4.78 is 9.64. The smallest absolute Gasteiger partial charge is 0.174 e. The average molecular weight is 510 g/mol. The molecular formula is C32H19N3S2. The Hall–Kier alpha value is -4.32. The van der Waals surface area contributed by atoms with E-state index in [-0.39, 0.29) is 0 Å². The topological polar surface area (TPSA) is 30.7 Å². The SMILES string of the molecule is c1ccc2c(c1)sc1c(-c3nsc(-c4ccc(-n5c6ccccc6c6ccccc65)cc4)n3)cccc12. The highest BCUT2D eigenvalue weighted by molar-refractivity contribution is 7.26. The molecule has 0 atom stereocenters. The van der Waals surface area contributed by atoms with E-state index in [1.54, 1.807) is 0 Å². The zero-order valence-electron chi connectivity index (χ0n) is 19.6. The number of para-hydroxylation sites is 2. The number of aromatic nitrogens is 3. The molecule has 0 amide bonds. The Kier molecular flexibility index (Phi) is 4.56. The molecule has 8 aromatic rings. The average Bonchev–Trinajstić information content (AvgIpc) is 3.67. The first-order valence-corrected chi connectivity index (χ1v) is 13.8. The summed E-state index contributed by atoms with van der Waals surface area (Å²) >= 11 is 3.27. The molecule has 5 aromatic carbocycles. The molecule has 0 saturated heterocycles. The van der Waals surface area contributed by atoms with Crippen LogP contribution in [-0.2, 0) is 0 Å². The predicted octanol–water partition coefficient (Wildman–Crippen LogP) is 9.34. The fourth-order valence-corrected chi connectivity index (χ4v) is 7.22. The van der Waals surface area contributed by atoms with Gasteiger partial charge in [-0.05, 0) is 60.1 Å². The standard InChI is InChI=1S/C32H19N3S2/c1-4-13-27-22(8-1)23-9-2-5-14-28(23)35(27)21-18-16-20(17-19-21)32-33-31(34-37-32)26-12-7-11-25-24-10-3-6-15-29(24)36-30(25)26/h1-19H. The van der Waals surface area contributed by atoms with Crippen molar-refractivity contribution in [3.8, 4) is 27.6 Å². The Morgan fingerprint density at radius 1 is 0.568 bits per heavy atom. The lowest BCUT2D eigenvalue weighted by Crippen LogP contribution is -1.93. The third kappa shape index (κ3) is 3.18. The highest BCUT2D eigenvalue weighted by Gasteiger charge is 2.15. The molecule has 0 aliphatic heterocycles. The molecule has 0 unspecified atom stereocenters. The van der Waals surface area contributed by atoms with Crippen LogP contribution in [0, 0.1) is 0 Å². The Labute approximate surface area is 221 Å². The predicted molar refractivity (Wildman–Crippen MR) is 158 cm³/mol. The van der Waals surface area contributed by atoms with Crippen LogP contribution in [-0.4, -0.2) is 13.9 Å². The monoisotopic (exact) mass is 509 g/mol. The number of hydrogen-bond acceptors (Lipinski definition) is 4. The fraction of sp³-hybridized carbons (Fsp3) is 0. The summed E-state index contributed by atoms with van der Waals surface area (Å²) in [5, 5.41) is 6.03. The van der Waals surface area contributed by atoms with Crippen molar-refractivity contribution in [3.63, 3.8) is 0 Å². The summed E-state index contributed by atoms with van der Waals surface area (Å²) in [4.78, 5) is 4.97. The number of rotatable bonds is 3. The van der Waals surface area contributed by atoms with Crippen molar-refractivity contribution in [2.45, 2.75) is 0 Å². The third-order valence-corrected chi connectivity index (χ3v) is 9.01. The Balaban J connectivity index is 1.20. The second kappa shape index (κ2) is 8.10. The normalized spacial score (nSPS) is 11.8. The maximum atomic E-state index is 4.97. The minimum Gasteiger partial charge on any atom is -0.309 e. The third-order valence-electron chi connectivity index (χ3n) is 7.02. The molecular weight excluding hydrogens is 491 g/mol. The van der Waals surface area contributed by atoms with Gasteiger partial charge in [-0.15, -0.1) is 11.3 Å². The van der Waals surface area contributed by atoms with E-state index >= 15 is 0 Å². The first kappa shape index (κ1) is 20.8. The Morgan fingerprint density at radius 2 is 1.22 bits per heavy atom. The van der Waals surface area contributed by atoms with Crippen LogP contribution < -0.4 is 0 Å². The van der Waals surface area contributed by atoms with E-state index in [0.29, 0.717) is 0 Å². The van der Waals surface area contributed by atoms with Crippen LogP contribution in [0.25, 0.3) is 69.6 Å². The van der Waals surface area contributed by atoms with Crippen molar-refractivity contribution >= 4 is 64.8 Å². The highest BCUT2D eigenvalue weighted by Crippen LogP contribution is 2.40. The van der Waals surface area contributed by atoms with Gasteiger partial charge in [-0.2, -0.15) is 4.37 Å².